The second-order valence-electron chi connectivity index (χ2n) is 3.52. The van der Waals surface area contributed by atoms with Crippen molar-refractivity contribution in [3.05, 3.63) is 28.8 Å². The molecular formula is C10H8ClF6N. The molecular weight excluding hydrogens is 284 g/mol. The van der Waals surface area contributed by atoms with Crippen LogP contribution in [0, 0.1) is 0 Å². The van der Waals surface area contributed by atoms with Crippen molar-refractivity contribution in [3.8, 4) is 0 Å². The summed E-state index contributed by atoms with van der Waals surface area (Å²) in [5, 5.41) is 2.06. The van der Waals surface area contributed by atoms with Crippen molar-refractivity contribution in [1.29, 1.82) is 0 Å². The Morgan fingerprint density at radius 3 is 2.11 bits per heavy atom. The van der Waals surface area contributed by atoms with Crippen molar-refractivity contribution < 1.29 is 26.3 Å². The molecule has 0 saturated carbocycles. The van der Waals surface area contributed by atoms with Crippen LogP contribution >= 0.6 is 11.6 Å². The van der Waals surface area contributed by atoms with Crippen LogP contribution in [0.3, 0.4) is 0 Å². The number of hydrogen-bond acceptors (Lipinski definition) is 1. The van der Waals surface area contributed by atoms with Crippen LogP contribution in [0.4, 0.5) is 32.0 Å². The summed E-state index contributed by atoms with van der Waals surface area (Å²) in [5.41, 5.74) is -1.11. The smallest absolute Gasteiger partial charge is 0.385 e. The molecule has 0 fully saturated rings. The van der Waals surface area contributed by atoms with E-state index in [-0.39, 0.29) is 10.7 Å². The van der Waals surface area contributed by atoms with Gasteiger partial charge in [-0.3, -0.25) is 0 Å². The third kappa shape index (κ3) is 5.03. The zero-order valence-corrected chi connectivity index (χ0v) is 9.55. The number of hydrogen-bond donors (Lipinski definition) is 1. The van der Waals surface area contributed by atoms with E-state index in [0.29, 0.717) is 12.1 Å². The summed E-state index contributed by atoms with van der Waals surface area (Å²) in [6.45, 7) is -0.513. The molecule has 0 amide bonds. The topological polar surface area (TPSA) is 12.0 Å². The summed E-state index contributed by atoms with van der Waals surface area (Å²) < 4.78 is 72.8. The first-order valence-corrected chi connectivity index (χ1v) is 5.14. The Morgan fingerprint density at radius 2 is 1.61 bits per heavy atom. The number of rotatable bonds is 3. The minimum atomic E-state index is -4.59. The lowest BCUT2D eigenvalue weighted by Gasteiger charge is -2.12. The quantitative estimate of drug-likeness (QED) is 0.794. The van der Waals surface area contributed by atoms with Crippen molar-refractivity contribution in [2.45, 2.75) is 18.8 Å². The highest BCUT2D eigenvalue weighted by Gasteiger charge is 2.31. The second-order valence-corrected chi connectivity index (χ2v) is 3.95. The zero-order chi connectivity index (χ0) is 14.0. The number of alkyl halides is 6. The largest absolute Gasteiger partial charge is 0.416 e. The van der Waals surface area contributed by atoms with E-state index in [2.05, 4.69) is 5.32 Å². The fourth-order valence-corrected chi connectivity index (χ4v) is 1.44. The molecule has 1 aromatic carbocycles. The zero-order valence-electron chi connectivity index (χ0n) is 8.79. The van der Waals surface area contributed by atoms with Gasteiger partial charge in [-0.25, -0.2) is 0 Å². The SMILES string of the molecule is FC(F)(F)CCNc1cc(Cl)cc(C(F)(F)F)c1. The highest BCUT2D eigenvalue weighted by Crippen LogP contribution is 2.33. The molecule has 0 spiro atoms. The molecule has 1 rings (SSSR count). The van der Waals surface area contributed by atoms with Crippen molar-refractivity contribution >= 4 is 17.3 Å². The van der Waals surface area contributed by atoms with Crippen molar-refractivity contribution in [2.24, 2.45) is 0 Å². The molecule has 0 heterocycles. The van der Waals surface area contributed by atoms with Crippen LogP contribution in [0.1, 0.15) is 12.0 Å². The lowest BCUT2D eigenvalue weighted by Crippen LogP contribution is -2.15. The second kappa shape index (κ2) is 5.26. The Hall–Kier alpha value is -1.11. The van der Waals surface area contributed by atoms with Gasteiger partial charge in [-0.05, 0) is 18.2 Å². The van der Waals surface area contributed by atoms with E-state index in [1.54, 1.807) is 0 Å². The monoisotopic (exact) mass is 291 g/mol. The maximum atomic E-state index is 12.4. The fourth-order valence-electron chi connectivity index (χ4n) is 1.20. The van der Waals surface area contributed by atoms with Crippen LogP contribution < -0.4 is 5.32 Å². The molecule has 1 aromatic rings. The van der Waals surface area contributed by atoms with Crippen molar-refractivity contribution in [2.75, 3.05) is 11.9 Å². The molecule has 0 aliphatic carbocycles. The highest BCUT2D eigenvalue weighted by molar-refractivity contribution is 6.30. The standard InChI is InChI=1S/C10H8ClF6N/c11-7-3-6(10(15,16)17)4-8(5-7)18-2-1-9(12,13)14/h3-5,18H,1-2H2. The average molecular weight is 292 g/mol. The molecule has 1 nitrogen and oxygen atoms in total. The van der Waals surface area contributed by atoms with Crippen molar-refractivity contribution in [3.63, 3.8) is 0 Å². The molecule has 8 heteroatoms. The van der Waals surface area contributed by atoms with E-state index in [4.69, 9.17) is 11.6 Å². The minimum absolute atomic E-state index is 0.0981. The van der Waals surface area contributed by atoms with Gasteiger partial charge in [0.25, 0.3) is 0 Å². The Bertz CT molecular complexity index is 412. The van der Waals surface area contributed by atoms with Gasteiger partial charge in [-0.1, -0.05) is 11.6 Å². The molecule has 0 aliphatic rings. The Morgan fingerprint density at radius 1 is 1.00 bits per heavy atom. The average Bonchev–Trinajstić information content (AvgIpc) is 2.13. The first-order chi connectivity index (χ1) is 8.08. The van der Waals surface area contributed by atoms with E-state index < -0.39 is 30.9 Å². The van der Waals surface area contributed by atoms with Gasteiger partial charge in [0.1, 0.15) is 0 Å². The molecule has 18 heavy (non-hydrogen) atoms. The first kappa shape index (κ1) is 14.9. The molecule has 0 saturated heterocycles. The van der Waals surface area contributed by atoms with E-state index in [0.717, 1.165) is 6.07 Å². The Kier molecular flexibility index (Phi) is 4.37. The van der Waals surface area contributed by atoms with Gasteiger partial charge in [0, 0.05) is 17.3 Å². The molecule has 0 bridgehead atoms. The lowest BCUT2D eigenvalue weighted by atomic mass is 10.2. The van der Waals surface area contributed by atoms with Gasteiger partial charge in [0.2, 0.25) is 0 Å². The van der Waals surface area contributed by atoms with E-state index in [9.17, 15) is 26.3 Å². The van der Waals surface area contributed by atoms with E-state index in [1.165, 1.54) is 0 Å². The third-order valence-electron chi connectivity index (χ3n) is 1.96. The predicted octanol–water partition coefficient (Wildman–Crippen LogP) is 4.72. The molecule has 0 unspecified atom stereocenters. The van der Waals surface area contributed by atoms with Gasteiger partial charge in [0.15, 0.2) is 0 Å². The number of anilines is 1. The Labute approximate surface area is 104 Å². The normalized spacial score (nSPS) is 12.6. The summed E-state index contributed by atoms with van der Waals surface area (Å²) in [4.78, 5) is 0. The Balaban J connectivity index is 2.75. The van der Waals surface area contributed by atoms with Crippen LogP contribution in [0.2, 0.25) is 5.02 Å². The molecule has 102 valence electrons. The maximum Gasteiger partial charge on any atom is 0.416 e. The van der Waals surface area contributed by atoms with Crippen LogP contribution in [-0.4, -0.2) is 12.7 Å². The summed E-state index contributed by atoms with van der Waals surface area (Å²) >= 11 is 5.46. The number of nitrogens with one attached hydrogen (secondary N) is 1. The molecule has 0 aliphatic heterocycles. The third-order valence-corrected chi connectivity index (χ3v) is 2.18. The van der Waals surface area contributed by atoms with E-state index >= 15 is 0 Å². The lowest BCUT2D eigenvalue weighted by molar-refractivity contribution is -0.137. The van der Waals surface area contributed by atoms with E-state index in [1.807, 2.05) is 0 Å². The van der Waals surface area contributed by atoms with Crippen LogP contribution in [-0.2, 0) is 6.18 Å². The van der Waals surface area contributed by atoms with Gasteiger partial charge < -0.3 is 5.32 Å². The number of halogens is 7. The van der Waals surface area contributed by atoms with Gasteiger partial charge >= 0.3 is 12.4 Å². The summed E-state index contributed by atoms with van der Waals surface area (Å²) in [7, 11) is 0. The number of benzene rings is 1. The van der Waals surface area contributed by atoms with Crippen LogP contribution in [0.25, 0.3) is 0 Å². The van der Waals surface area contributed by atoms with Crippen LogP contribution in [0.15, 0.2) is 18.2 Å². The highest BCUT2D eigenvalue weighted by atomic mass is 35.5. The summed E-state index contributed by atoms with van der Waals surface area (Å²) in [6, 6.07) is 2.55. The van der Waals surface area contributed by atoms with Gasteiger partial charge in [-0.2, -0.15) is 26.3 Å². The summed E-state index contributed by atoms with van der Waals surface area (Å²) in [5.74, 6) is 0. The maximum absolute atomic E-state index is 12.4. The van der Waals surface area contributed by atoms with Crippen LogP contribution in [0.5, 0.6) is 0 Å². The molecule has 1 N–H and O–H groups in total. The first-order valence-electron chi connectivity index (χ1n) is 4.76. The summed E-state index contributed by atoms with van der Waals surface area (Å²) in [6.07, 6.45) is -10.1. The molecule has 0 radical (unpaired) electrons. The van der Waals surface area contributed by atoms with Gasteiger partial charge in [0.05, 0.1) is 12.0 Å². The minimum Gasteiger partial charge on any atom is -0.385 e. The fraction of sp³-hybridized carbons (Fsp3) is 0.400. The van der Waals surface area contributed by atoms with Crippen molar-refractivity contribution in [1.82, 2.24) is 0 Å². The van der Waals surface area contributed by atoms with Gasteiger partial charge in [-0.15, -0.1) is 0 Å². The molecule has 0 atom stereocenters. The molecule has 0 aromatic heterocycles. The predicted molar refractivity (Wildman–Crippen MR) is 55.6 cm³/mol.